The van der Waals surface area contributed by atoms with Crippen molar-refractivity contribution in [3.63, 3.8) is 0 Å². The van der Waals surface area contributed by atoms with Gasteiger partial charge in [-0.25, -0.2) is 4.39 Å². The first-order valence-electron chi connectivity index (χ1n) is 7.88. The standard InChI is InChI=1S/C8H11ClO.C8H9FO.2C2H6/c1-6(2)8(10-4)5-7(3)9;1-6-3-4-7(9)5-8(6)10-2;2*1-2/h5H,1,3H2,2,4H3;3-5H,1-2H3;2*1-2H3/b8-5+;;;. The van der Waals surface area contributed by atoms with Crippen LogP contribution in [0.1, 0.15) is 40.2 Å². The Morgan fingerprint density at radius 3 is 1.88 bits per heavy atom. The predicted octanol–water partition coefficient (Wildman–Crippen LogP) is 7.04. The molecule has 0 N–H and O–H groups in total. The number of ether oxygens (including phenoxy) is 2. The molecule has 0 atom stereocenters. The number of aryl methyl sites for hydroxylation is 1. The van der Waals surface area contributed by atoms with E-state index >= 15 is 0 Å². The van der Waals surface area contributed by atoms with Gasteiger partial charge < -0.3 is 9.47 Å². The molecule has 0 amide bonds. The van der Waals surface area contributed by atoms with Crippen LogP contribution >= 0.6 is 11.6 Å². The molecular weight excluding hydrogens is 327 g/mol. The Balaban J connectivity index is -0.000000304. The lowest BCUT2D eigenvalue weighted by atomic mass is 10.2. The monoisotopic (exact) mass is 358 g/mol. The number of benzene rings is 1. The molecule has 1 aromatic carbocycles. The summed E-state index contributed by atoms with van der Waals surface area (Å²) in [5.41, 5.74) is 1.79. The largest absolute Gasteiger partial charge is 0.496 e. The Labute approximate surface area is 152 Å². The van der Waals surface area contributed by atoms with Crippen LogP contribution in [0.15, 0.2) is 53.8 Å². The summed E-state index contributed by atoms with van der Waals surface area (Å²) in [5, 5.41) is 0.444. The maximum Gasteiger partial charge on any atom is 0.126 e. The van der Waals surface area contributed by atoms with E-state index in [-0.39, 0.29) is 5.82 Å². The molecule has 1 rings (SSSR count). The summed E-state index contributed by atoms with van der Waals surface area (Å²) in [5.74, 6) is 1.00. The van der Waals surface area contributed by atoms with Crippen molar-refractivity contribution >= 4 is 11.6 Å². The first kappa shape index (κ1) is 27.1. The van der Waals surface area contributed by atoms with E-state index in [9.17, 15) is 4.39 Å². The zero-order valence-electron chi connectivity index (χ0n) is 16.3. The number of hydrogen-bond donors (Lipinski definition) is 0. The van der Waals surface area contributed by atoms with Crippen molar-refractivity contribution < 1.29 is 13.9 Å². The second kappa shape index (κ2) is 17.6. The van der Waals surface area contributed by atoms with Crippen molar-refractivity contribution in [1.82, 2.24) is 0 Å². The van der Waals surface area contributed by atoms with Gasteiger partial charge in [-0.1, -0.05) is 58.5 Å². The molecule has 138 valence electrons. The first-order chi connectivity index (χ1) is 11.3. The summed E-state index contributed by atoms with van der Waals surface area (Å²) in [6.07, 6.45) is 1.63. The Morgan fingerprint density at radius 1 is 1.12 bits per heavy atom. The topological polar surface area (TPSA) is 18.5 Å². The van der Waals surface area contributed by atoms with Gasteiger partial charge in [-0.2, -0.15) is 0 Å². The van der Waals surface area contributed by atoms with Crippen LogP contribution in [-0.2, 0) is 4.74 Å². The summed E-state index contributed by atoms with van der Waals surface area (Å²) < 4.78 is 22.3. The Bertz CT molecular complexity index is 508. The molecule has 0 spiro atoms. The third-order valence-electron chi connectivity index (χ3n) is 2.30. The minimum atomic E-state index is -0.262. The van der Waals surface area contributed by atoms with E-state index in [0.717, 1.165) is 11.1 Å². The second-order valence-corrected chi connectivity index (χ2v) is 4.54. The van der Waals surface area contributed by atoms with E-state index in [1.54, 1.807) is 19.3 Å². The summed E-state index contributed by atoms with van der Waals surface area (Å²) in [6.45, 7) is 18.9. The maximum absolute atomic E-state index is 12.5. The molecule has 0 unspecified atom stereocenters. The van der Waals surface area contributed by atoms with E-state index < -0.39 is 0 Å². The third-order valence-corrected chi connectivity index (χ3v) is 2.41. The van der Waals surface area contributed by atoms with Crippen LogP contribution in [0.4, 0.5) is 4.39 Å². The van der Waals surface area contributed by atoms with Crippen LogP contribution in [0.25, 0.3) is 0 Å². The lowest BCUT2D eigenvalue weighted by Crippen LogP contribution is -1.87. The van der Waals surface area contributed by atoms with Crippen LogP contribution < -0.4 is 4.74 Å². The molecule has 0 aliphatic carbocycles. The van der Waals surface area contributed by atoms with E-state index in [1.807, 2.05) is 41.5 Å². The van der Waals surface area contributed by atoms with Gasteiger partial charge in [0.1, 0.15) is 17.3 Å². The van der Waals surface area contributed by atoms with E-state index in [2.05, 4.69) is 13.2 Å². The minimum Gasteiger partial charge on any atom is -0.496 e. The quantitative estimate of drug-likeness (QED) is 0.424. The molecule has 0 aromatic heterocycles. The van der Waals surface area contributed by atoms with Crippen molar-refractivity contribution in [3.8, 4) is 5.75 Å². The smallest absolute Gasteiger partial charge is 0.126 e. The highest BCUT2D eigenvalue weighted by molar-refractivity contribution is 6.30. The summed E-state index contributed by atoms with van der Waals surface area (Å²) in [7, 11) is 3.10. The molecule has 2 nitrogen and oxygen atoms in total. The summed E-state index contributed by atoms with van der Waals surface area (Å²) >= 11 is 5.50. The van der Waals surface area contributed by atoms with Crippen molar-refractivity contribution in [3.05, 3.63) is 65.2 Å². The molecule has 4 heteroatoms. The molecule has 0 aliphatic heterocycles. The molecule has 0 bridgehead atoms. The van der Waals surface area contributed by atoms with Gasteiger partial charge in [-0.05, 0) is 37.1 Å². The van der Waals surface area contributed by atoms with Gasteiger partial charge in [0.15, 0.2) is 0 Å². The molecule has 24 heavy (non-hydrogen) atoms. The van der Waals surface area contributed by atoms with Gasteiger partial charge in [-0.3, -0.25) is 0 Å². The van der Waals surface area contributed by atoms with Crippen molar-refractivity contribution in [2.45, 2.75) is 41.5 Å². The van der Waals surface area contributed by atoms with Crippen molar-refractivity contribution in [1.29, 1.82) is 0 Å². The average Bonchev–Trinajstić information content (AvgIpc) is 2.58. The third kappa shape index (κ3) is 13.9. The molecule has 0 heterocycles. The normalized spacial score (nSPS) is 9.00. The fourth-order valence-electron chi connectivity index (χ4n) is 1.29. The second-order valence-electron chi connectivity index (χ2n) is 4.05. The minimum absolute atomic E-state index is 0.262. The van der Waals surface area contributed by atoms with Gasteiger partial charge in [0.25, 0.3) is 0 Å². The van der Waals surface area contributed by atoms with E-state index in [0.29, 0.717) is 16.5 Å². The van der Waals surface area contributed by atoms with Crippen molar-refractivity contribution in [2.24, 2.45) is 0 Å². The van der Waals surface area contributed by atoms with E-state index in [1.165, 1.54) is 19.2 Å². The molecule has 1 aromatic rings. The van der Waals surface area contributed by atoms with Crippen LogP contribution in [0.5, 0.6) is 5.75 Å². The average molecular weight is 359 g/mol. The van der Waals surface area contributed by atoms with Crippen LogP contribution in [0, 0.1) is 12.7 Å². The number of halogens is 2. The molecule has 0 aliphatic rings. The zero-order valence-corrected chi connectivity index (χ0v) is 17.1. The first-order valence-corrected chi connectivity index (χ1v) is 8.25. The van der Waals surface area contributed by atoms with Gasteiger partial charge in [-0.15, -0.1) is 0 Å². The fraction of sp³-hybridized carbons (Fsp3) is 0.400. The van der Waals surface area contributed by atoms with E-state index in [4.69, 9.17) is 21.1 Å². The number of hydrogen-bond acceptors (Lipinski definition) is 2. The highest BCUT2D eigenvalue weighted by Gasteiger charge is 1.97. The number of allylic oxidation sites excluding steroid dienone is 3. The number of methoxy groups -OCH3 is 2. The van der Waals surface area contributed by atoms with Gasteiger partial charge >= 0.3 is 0 Å². The highest BCUT2D eigenvalue weighted by Crippen LogP contribution is 2.17. The molecule has 0 saturated heterocycles. The maximum atomic E-state index is 12.5. The summed E-state index contributed by atoms with van der Waals surface area (Å²) in [6, 6.07) is 4.47. The highest BCUT2D eigenvalue weighted by atomic mass is 35.5. The van der Waals surface area contributed by atoms with Gasteiger partial charge in [0, 0.05) is 11.1 Å². The predicted molar refractivity (Wildman–Crippen MR) is 105 cm³/mol. The lowest BCUT2D eigenvalue weighted by Gasteiger charge is -2.03. The molecule has 0 fully saturated rings. The van der Waals surface area contributed by atoms with Crippen LogP contribution in [-0.4, -0.2) is 14.2 Å². The van der Waals surface area contributed by atoms with Gasteiger partial charge in [0.2, 0.25) is 0 Å². The zero-order chi connectivity index (χ0) is 19.7. The molecule has 0 radical (unpaired) electrons. The Morgan fingerprint density at radius 2 is 1.62 bits per heavy atom. The Kier molecular flexibility index (Phi) is 19.9. The lowest BCUT2D eigenvalue weighted by molar-refractivity contribution is 0.301. The molecule has 0 saturated carbocycles. The van der Waals surface area contributed by atoms with Crippen LogP contribution in [0.3, 0.4) is 0 Å². The SMILES string of the molecule is C=C(Cl)/C=C(/OC)C(=C)C.CC.CC.COc1cc(F)ccc1C. The Hall–Kier alpha value is -1.74. The van der Waals surface area contributed by atoms with Gasteiger partial charge in [0.05, 0.1) is 14.2 Å². The van der Waals surface area contributed by atoms with Crippen LogP contribution in [0.2, 0.25) is 0 Å². The number of rotatable bonds is 4. The fourth-order valence-corrected chi connectivity index (χ4v) is 1.39. The molecular formula is C20H32ClFO2. The van der Waals surface area contributed by atoms with Crippen molar-refractivity contribution in [2.75, 3.05) is 14.2 Å². The summed E-state index contributed by atoms with van der Waals surface area (Å²) in [4.78, 5) is 0.